The molecule has 0 aromatic carbocycles. The molecule has 0 saturated carbocycles. The molecule has 4 N–H and O–H groups in total. The van der Waals surface area contributed by atoms with Crippen LogP contribution in [-0.4, -0.2) is 65.6 Å². The Kier molecular flexibility index (Phi) is 5.47. The normalized spacial score (nSPS) is 27.9. The number of anilines is 1. The molecule has 1 fully saturated rings. The molecule has 1 aromatic heterocycles. The number of carboxylic acids is 1. The minimum absolute atomic E-state index is 0.00334. The number of β-lactam (4-membered cyclic amide) rings is 1. The first-order chi connectivity index (χ1) is 14.3. The number of allylic oxidation sites excluding steroid dienone is 1. The maximum absolute atomic E-state index is 12.9. The summed E-state index contributed by atoms with van der Waals surface area (Å²) < 4.78 is 4.01. The Labute approximate surface area is 179 Å². The standard InChI is InChI=1S/C17H18N6O5S2/c1-7-6-9(16(26)27)23-14(25)11(15(23)29-7)19-13(24)10(12-20-17(18)30-22-12)21-28-8-4-2-3-5-8/h2,4,6-8,11,15H,3,5H2,1H3,(H,19,24)(H,26,27)(H2,18,20,22)/b21-10+. The van der Waals surface area contributed by atoms with Crippen molar-refractivity contribution in [2.24, 2.45) is 5.16 Å². The summed E-state index contributed by atoms with van der Waals surface area (Å²) in [6.45, 7) is 1.82. The number of carbonyl (C=O) groups excluding carboxylic acids is 2. The van der Waals surface area contributed by atoms with Gasteiger partial charge in [0.25, 0.3) is 11.8 Å². The average molecular weight is 451 g/mol. The zero-order valence-electron chi connectivity index (χ0n) is 15.7. The van der Waals surface area contributed by atoms with Crippen LogP contribution >= 0.6 is 23.3 Å². The smallest absolute Gasteiger partial charge is 0.352 e. The maximum atomic E-state index is 12.9. The van der Waals surface area contributed by atoms with Crippen LogP contribution in [0.1, 0.15) is 25.6 Å². The van der Waals surface area contributed by atoms with Crippen LogP contribution in [0, 0.1) is 0 Å². The van der Waals surface area contributed by atoms with Gasteiger partial charge < -0.3 is 21.0 Å². The number of aromatic nitrogens is 2. The maximum Gasteiger partial charge on any atom is 0.352 e. The van der Waals surface area contributed by atoms with Gasteiger partial charge in [-0.25, -0.2) is 4.79 Å². The molecule has 4 atom stereocenters. The molecule has 13 heteroatoms. The topological polar surface area (TPSA) is 160 Å². The van der Waals surface area contributed by atoms with Crippen molar-refractivity contribution < 1.29 is 24.3 Å². The van der Waals surface area contributed by atoms with E-state index in [-0.39, 0.29) is 33.7 Å². The molecule has 1 aromatic rings. The number of rotatable bonds is 6. The lowest BCUT2D eigenvalue weighted by Crippen LogP contribution is -2.71. The van der Waals surface area contributed by atoms with E-state index in [2.05, 4.69) is 19.8 Å². The van der Waals surface area contributed by atoms with E-state index in [1.54, 1.807) is 0 Å². The molecule has 30 heavy (non-hydrogen) atoms. The summed E-state index contributed by atoms with van der Waals surface area (Å²) in [6.07, 6.45) is 6.64. The second-order valence-corrected chi connectivity index (χ2v) is 9.08. The molecule has 2 aliphatic heterocycles. The Bertz CT molecular complexity index is 989. The number of thioether (sulfide) groups is 1. The van der Waals surface area contributed by atoms with Crippen LogP contribution in [0.15, 0.2) is 29.1 Å². The van der Waals surface area contributed by atoms with Gasteiger partial charge in [0.15, 0.2) is 5.13 Å². The van der Waals surface area contributed by atoms with E-state index in [4.69, 9.17) is 10.6 Å². The lowest BCUT2D eigenvalue weighted by molar-refractivity contribution is -0.150. The van der Waals surface area contributed by atoms with Crippen molar-refractivity contribution >= 4 is 51.9 Å². The van der Waals surface area contributed by atoms with Gasteiger partial charge in [-0.15, -0.1) is 11.8 Å². The molecule has 0 spiro atoms. The fourth-order valence-electron chi connectivity index (χ4n) is 3.27. The van der Waals surface area contributed by atoms with Crippen LogP contribution in [0.4, 0.5) is 5.13 Å². The Morgan fingerprint density at radius 3 is 2.90 bits per heavy atom. The Hall–Kier alpha value is -2.93. The zero-order valence-corrected chi connectivity index (χ0v) is 17.4. The van der Waals surface area contributed by atoms with Crippen LogP contribution in [-0.2, 0) is 19.2 Å². The number of hydrogen-bond donors (Lipinski definition) is 3. The summed E-state index contributed by atoms with van der Waals surface area (Å²) in [7, 11) is 0. The minimum Gasteiger partial charge on any atom is -0.477 e. The number of amides is 2. The summed E-state index contributed by atoms with van der Waals surface area (Å²) >= 11 is 2.28. The first-order valence-corrected chi connectivity index (χ1v) is 10.8. The van der Waals surface area contributed by atoms with Gasteiger partial charge in [-0.3, -0.25) is 14.5 Å². The predicted octanol–water partition coefficient (Wildman–Crippen LogP) is 0.317. The quantitative estimate of drug-likeness (QED) is 0.240. The minimum atomic E-state index is -1.19. The highest BCUT2D eigenvalue weighted by Gasteiger charge is 2.54. The van der Waals surface area contributed by atoms with Gasteiger partial charge in [0.2, 0.25) is 11.5 Å². The number of nitrogens with one attached hydrogen (secondary N) is 1. The number of oxime groups is 1. The highest BCUT2D eigenvalue weighted by molar-refractivity contribution is 8.00. The summed E-state index contributed by atoms with van der Waals surface area (Å²) in [5.41, 5.74) is 5.34. The van der Waals surface area contributed by atoms with E-state index >= 15 is 0 Å². The number of fused-ring (bicyclic) bond motifs is 1. The van der Waals surface area contributed by atoms with Crippen molar-refractivity contribution in [3.05, 3.63) is 29.7 Å². The van der Waals surface area contributed by atoms with E-state index in [1.807, 2.05) is 19.1 Å². The third-order valence-electron chi connectivity index (χ3n) is 4.67. The number of carboxylic acid groups (broad SMARTS) is 1. The van der Waals surface area contributed by atoms with Crippen LogP contribution in [0.2, 0.25) is 0 Å². The van der Waals surface area contributed by atoms with Crippen LogP contribution in [0.25, 0.3) is 0 Å². The second-order valence-electron chi connectivity index (χ2n) is 6.79. The summed E-state index contributed by atoms with van der Waals surface area (Å²) in [6, 6.07) is -0.902. The fraction of sp³-hybridized carbons (Fsp3) is 0.412. The van der Waals surface area contributed by atoms with Crippen LogP contribution in [0.3, 0.4) is 0 Å². The molecule has 2 amide bonds. The molecule has 3 aliphatic rings. The summed E-state index contributed by atoms with van der Waals surface area (Å²) in [5, 5.41) is 15.4. The largest absolute Gasteiger partial charge is 0.477 e. The molecule has 0 bridgehead atoms. The Morgan fingerprint density at radius 2 is 2.27 bits per heavy atom. The van der Waals surface area contributed by atoms with Gasteiger partial charge >= 0.3 is 5.97 Å². The van der Waals surface area contributed by atoms with Gasteiger partial charge in [-0.1, -0.05) is 11.2 Å². The molecule has 158 valence electrons. The summed E-state index contributed by atoms with van der Waals surface area (Å²) in [4.78, 5) is 47.5. The van der Waals surface area contributed by atoms with Gasteiger partial charge in [0.1, 0.15) is 23.2 Å². The number of aliphatic carboxylic acids is 1. The highest BCUT2D eigenvalue weighted by Crippen LogP contribution is 2.40. The van der Waals surface area contributed by atoms with E-state index in [0.717, 1.165) is 24.4 Å². The van der Waals surface area contributed by atoms with Crippen LogP contribution in [0.5, 0.6) is 0 Å². The Balaban J connectivity index is 1.52. The lowest BCUT2D eigenvalue weighted by atomic mass is 10.0. The Morgan fingerprint density at radius 1 is 1.47 bits per heavy atom. The molecule has 3 heterocycles. The van der Waals surface area contributed by atoms with Crippen molar-refractivity contribution in [3.8, 4) is 0 Å². The second kappa shape index (κ2) is 8.07. The number of nitrogens with zero attached hydrogens (tertiary/aromatic N) is 4. The lowest BCUT2D eigenvalue weighted by Gasteiger charge is -2.49. The molecule has 4 rings (SSSR count). The SMILES string of the molecule is CC1C=C(C(=O)O)N2C(=O)C(NC(=O)/C(=N/OC3C=CCC3)c3nsc(N)n3)C2S1. The third kappa shape index (κ3) is 3.77. The fourth-order valence-corrected chi connectivity index (χ4v) is 5.03. The highest BCUT2D eigenvalue weighted by atomic mass is 32.2. The zero-order chi connectivity index (χ0) is 21.4. The molecular weight excluding hydrogens is 432 g/mol. The van der Waals surface area contributed by atoms with Crippen molar-refractivity contribution in [3.63, 3.8) is 0 Å². The van der Waals surface area contributed by atoms with Crippen molar-refractivity contribution in [2.45, 2.75) is 42.5 Å². The van der Waals surface area contributed by atoms with E-state index < -0.39 is 29.2 Å². The number of carbonyl (C=O) groups is 3. The van der Waals surface area contributed by atoms with E-state index in [9.17, 15) is 19.5 Å². The van der Waals surface area contributed by atoms with Gasteiger partial charge in [0.05, 0.1) is 0 Å². The third-order valence-corrected chi connectivity index (χ3v) is 6.54. The van der Waals surface area contributed by atoms with Crippen molar-refractivity contribution in [2.75, 3.05) is 5.73 Å². The molecule has 4 unspecified atom stereocenters. The van der Waals surface area contributed by atoms with Crippen molar-refractivity contribution in [1.29, 1.82) is 0 Å². The summed E-state index contributed by atoms with van der Waals surface area (Å²) in [5.74, 6) is -2.40. The number of nitrogen functional groups attached to an aromatic ring is 1. The van der Waals surface area contributed by atoms with Gasteiger partial charge in [-0.2, -0.15) is 9.36 Å². The average Bonchev–Trinajstić information content (AvgIpc) is 3.37. The first kappa shape index (κ1) is 20.3. The van der Waals surface area contributed by atoms with Crippen molar-refractivity contribution in [1.82, 2.24) is 19.6 Å². The molecule has 1 saturated heterocycles. The molecule has 1 aliphatic carbocycles. The molecule has 11 nitrogen and oxygen atoms in total. The predicted molar refractivity (Wildman–Crippen MR) is 109 cm³/mol. The molecule has 0 radical (unpaired) electrons. The number of hydrogen-bond acceptors (Lipinski definition) is 10. The first-order valence-electron chi connectivity index (χ1n) is 9.09. The van der Waals surface area contributed by atoms with Gasteiger partial charge in [-0.05, 0) is 31.9 Å². The molecular formula is C17H18N6O5S2. The van der Waals surface area contributed by atoms with E-state index in [1.165, 1.54) is 22.7 Å². The van der Waals surface area contributed by atoms with E-state index in [0.29, 0.717) is 0 Å². The van der Waals surface area contributed by atoms with Crippen LogP contribution < -0.4 is 11.1 Å². The van der Waals surface area contributed by atoms with Gasteiger partial charge in [0, 0.05) is 16.8 Å². The monoisotopic (exact) mass is 450 g/mol. The number of nitrogens with two attached hydrogens (primary N) is 1.